The van der Waals surface area contributed by atoms with Crippen LogP contribution in [0.15, 0.2) is 84.6 Å². The van der Waals surface area contributed by atoms with Crippen LogP contribution in [0.5, 0.6) is 5.75 Å². The lowest BCUT2D eigenvalue weighted by Gasteiger charge is -2.32. The lowest BCUT2D eigenvalue weighted by atomic mass is 9.98. The molecule has 3 aromatic rings. The fraction of sp³-hybridized carbons (Fsp3) is 0.241. The minimum atomic E-state index is -0.301. The quantitative estimate of drug-likeness (QED) is 0.466. The van der Waals surface area contributed by atoms with E-state index in [-0.39, 0.29) is 11.8 Å². The van der Waals surface area contributed by atoms with Gasteiger partial charge in [-0.15, -0.1) is 0 Å². The van der Waals surface area contributed by atoms with Crippen LogP contribution in [-0.2, 0) is 16.0 Å². The first-order valence-corrected chi connectivity index (χ1v) is 11.8. The summed E-state index contributed by atoms with van der Waals surface area (Å²) < 4.78 is 5.78. The molecule has 34 heavy (non-hydrogen) atoms. The van der Waals surface area contributed by atoms with E-state index in [0.717, 1.165) is 29.8 Å². The summed E-state index contributed by atoms with van der Waals surface area (Å²) in [6.45, 7) is 5.48. The molecule has 0 spiro atoms. The zero-order valence-corrected chi connectivity index (χ0v) is 19.5. The Kier molecular flexibility index (Phi) is 5.93. The Bertz CT molecular complexity index is 1250. The van der Waals surface area contributed by atoms with Crippen molar-refractivity contribution in [1.82, 2.24) is 0 Å². The smallest absolute Gasteiger partial charge is 0.282 e. The molecule has 172 valence electrons. The van der Waals surface area contributed by atoms with Gasteiger partial charge in [0.25, 0.3) is 11.8 Å². The fourth-order valence-corrected chi connectivity index (χ4v) is 4.59. The highest BCUT2D eigenvalue weighted by Crippen LogP contribution is 2.39. The van der Waals surface area contributed by atoms with Crippen LogP contribution in [-0.4, -0.2) is 25.0 Å². The first-order valence-electron chi connectivity index (χ1n) is 11.8. The van der Waals surface area contributed by atoms with Crippen LogP contribution in [0.2, 0.25) is 0 Å². The molecule has 0 fully saturated rings. The number of hydrogen-bond donors (Lipinski definition) is 0. The van der Waals surface area contributed by atoms with Gasteiger partial charge in [-0.25, -0.2) is 4.90 Å². The van der Waals surface area contributed by atoms with E-state index in [2.05, 4.69) is 19.9 Å². The summed E-state index contributed by atoms with van der Waals surface area (Å²) in [6.07, 6.45) is 1.89. The summed E-state index contributed by atoms with van der Waals surface area (Å²) >= 11 is 0. The van der Waals surface area contributed by atoms with Gasteiger partial charge in [-0.1, -0.05) is 62.4 Å². The normalized spacial score (nSPS) is 15.9. The maximum atomic E-state index is 13.9. The molecule has 5 rings (SSSR count). The largest absolute Gasteiger partial charge is 0.493 e. The molecule has 0 unspecified atom stereocenters. The van der Waals surface area contributed by atoms with Gasteiger partial charge in [-0.3, -0.25) is 9.59 Å². The van der Waals surface area contributed by atoms with Gasteiger partial charge in [0.1, 0.15) is 11.4 Å². The summed E-state index contributed by atoms with van der Waals surface area (Å²) in [5, 5.41) is 0. The molecule has 2 heterocycles. The number of rotatable bonds is 6. The van der Waals surface area contributed by atoms with E-state index in [1.165, 1.54) is 10.5 Å². The van der Waals surface area contributed by atoms with Crippen molar-refractivity contribution in [3.63, 3.8) is 0 Å². The van der Waals surface area contributed by atoms with E-state index in [0.29, 0.717) is 36.0 Å². The first-order chi connectivity index (χ1) is 16.5. The van der Waals surface area contributed by atoms with E-state index in [1.54, 1.807) is 12.1 Å². The number of ether oxygens (including phenoxy) is 1. The van der Waals surface area contributed by atoms with Gasteiger partial charge in [0, 0.05) is 12.2 Å². The summed E-state index contributed by atoms with van der Waals surface area (Å²) in [6, 6.07) is 24.8. The Morgan fingerprint density at radius 1 is 0.853 bits per heavy atom. The predicted octanol–water partition coefficient (Wildman–Crippen LogP) is 5.46. The molecule has 0 saturated carbocycles. The van der Waals surface area contributed by atoms with E-state index in [1.807, 2.05) is 65.6 Å². The van der Waals surface area contributed by atoms with Gasteiger partial charge >= 0.3 is 0 Å². The van der Waals surface area contributed by atoms with Crippen molar-refractivity contribution in [2.75, 3.05) is 23.0 Å². The Morgan fingerprint density at radius 2 is 1.56 bits per heavy atom. The molecule has 2 aliphatic rings. The van der Waals surface area contributed by atoms with Crippen molar-refractivity contribution in [3.05, 3.63) is 95.7 Å². The van der Waals surface area contributed by atoms with Gasteiger partial charge in [0.2, 0.25) is 0 Å². The Hall–Kier alpha value is -3.86. The average molecular weight is 453 g/mol. The average Bonchev–Trinajstić information content (AvgIpc) is 3.13. The van der Waals surface area contributed by atoms with Crippen LogP contribution in [0.25, 0.3) is 5.57 Å². The summed E-state index contributed by atoms with van der Waals surface area (Å²) in [7, 11) is 0. The number of anilines is 2. The number of aryl methyl sites for hydroxylation is 1. The SMILES string of the molecule is CC(C)COc1ccc(N2C(=O)C(c3ccccc3)=C(N3CCCc4ccccc43)C2=O)cc1. The fourth-order valence-electron chi connectivity index (χ4n) is 4.59. The minimum Gasteiger partial charge on any atom is -0.493 e. The standard InChI is InChI=1S/C29H28N2O3/c1-20(2)19-34-24-16-14-23(15-17-24)31-28(32)26(22-10-4-3-5-11-22)27(29(31)33)30-18-8-12-21-9-6-7-13-25(21)30/h3-7,9-11,13-17,20H,8,12,18-19H2,1-2H3. The highest BCUT2D eigenvalue weighted by Gasteiger charge is 2.43. The summed E-state index contributed by atoms with van der Waals surface area (Å²) in [4.78, 5) is 31.0. The van der Waals surface area contributed by atoms with Crippen LogP contribution >= 0.6 is 0 Å². The van der Waals surface area contributed by atoms with Gasteiger partial charge < -0.3 is 9.64 Å². The third-order valence-corrected chi connectivity index (χ3v) is 6.18. The number of hydrogen-bond acceptors (Lipinski definition) is 4. The van der Waals surface area contributed by atoms with Crippen LogP contribution in [0, 0.1) is 5.92 Å². The summed E-state index contributed by atoms with van der Waals surface area (Å²) in [5.41, 5.74) is 4.38. The lowest BCUT2D eigenvalue weighted by molar-refractivity contribution is -0.120. The number of carbonyl (C=O) groups is 2. The molecule has 2 aliphatic heterocycles. The van der Waals surface area contributed by atoms with Crippen molar-refractivity contribution in [3.8, 4) is 5.75 Å². The van der Waals surface area contributed by atoms with Gasteiger partial charge in [-0.05, 0) is 60.2 Å². The third kappa shape index (κ3) is 3.98. The Balaban J connectivity index is 1.56. The number of imide groups is 1. The van der Waals surface area contributed by atoms with Crippen LogP contribution < -0.4 is 14.5 Å². The van der Waals surface area contributed by atoms with E-state index in [9.17, 15) is 9.59 Å². The molecule has 0 N–H and O–H groups in total. The van der Waals surface area contributed by atoms with Crippen molar-refractivity contribution in [2.45, 2.75) is 26.7 Å². The molecular weight excluding hydrogens is 424 g/mol. The van der Waals surface area contributed by atoms with Crippen molar-refractivity contribution < 1.29 is 14.3 Å². The predicted molar refractivity (Wildman–Crippen MR) is 135 cm³/mol. The topological polar surface area (TPSA) is 49.9 Å². The lowest BCUT2D eigenvalue weighted by Crippen LogP contribution is -2.37. The molecule has 0 atom stereocenters. The second-order valence-corrected chi connectivity index (χ2v) is 9.12. The molecule has 5 nitrogen and oxygen atoms in total. The second kappa shape index (κ2) is 9.18. The van der Waals surface area contributed by atoms with Gasteiger partial charge in [-0.2, -0.15) is 0 Å². The monoisotopic (exact) mass is 452 g/mol. The maximum Gasteiger partial charge on any atom is 0.282 e. The van der Waals surface area contributed by atoms with E-state index in [4.69, 9.17) is 4.74 Å². The number of carbonyl (C=O) groups excluding carboxylic acids is 2. The van der Waals surface area contributed by atoms with Crippen molar-refractivity contribution >= 4 is 28.8 Å². The molecule has 0 saturated heterocycles. The van der Waals surface area contributed by atoms with Crippen LogP contribution in [0.1, 0.15) is 31.4 Å². The second-order valence-electron chi connectivity index (χ2n) is 9.12. The molecule has 0 aliphatic carbocycles. The van der Waals surface area contributed by atoms with Crippen molar-refractivity contribution in [2.24, 2.45) is 5.92 Å². The van der Waals surface area contributed by atoms with Gasteiger partial charge in [0.05, 0.1) is 17.9 Å². The zero-order valence-electron chi connectivity index (χ0n) is 19.5. The highest BCUT2D eigenvalue weighted by atomic mass is 16.5. The summed E-state index contributed by atoms with van der Waals surface area (Å²) in [5.74, 6) is 0.536. The number of benzene rings is 3. The number of nitrogens with zero attached hydrogens (tertiary/aromatic N) is 2. The third-order valence-electron chi connectivity index (χ3n) is 6.18. The van der Waals surface area contributed by atoms with E-state index < -0.39 is 0 Å². The Morgan fingerprint density at radius 3 is 2.29 bits per heavy atom. The molecule has 0 radical (unpaired) electrons. The van der Waals surface area contributed by atoms with Crippen molar-refractivity contribution in [1.29, 1.82) is 0 Å². The maximum absolute atomic E-state index is 13.9. The molecule has 0 bridgehead atoms. The zero-order chi connectivity index (χ0) is 23.7. The number of fused-ring (bicyclic) bond motifs is 1. The number of para-hydroxylation sites is 1. The molecule has 5 heteroatoms. The Labute approximate surface area is 200 Å². The van der Waals surface area contributed by atoms with E-state index >= 15 is 0 Å². The molecule has 0 aromatic heterocycles. The number of amides is 2. The molecule has 2 amide bonds. The molecule has 3 aromatic carbocycles. The minimum absolute atomic E-state index is 0.295. The molecular formula is C29H28N2O3. The highest BCUT2D eigenvalue weighted by molar-refractivity contribution is 6.46. The van der Waals surface area contributed by atoms with Crippen LogP contribution in [0.3, 0.4) is 0 Å². The van der Waals surface area contributed by atoms with Crippen LogP contribution in [0.4, 0.5) is 11.4 Å². The first kappa shape index (κ1) is 22.0. The van der Waals surface area contributed by atoms with Gasteiger partial charge in [0.15, 0.2) is 0 Å².